The van der Waals surface area contributed by atoms with Gasteiger partial charge in [-0.25, -0.2) is 14.4 Å². The maximum atomic E-state index is 11.7. The molecule has 0 aliphatic carbocycles. The van der Waals surface area contributed by atoms with Gasteiger partial charge in [-0.3, -0.25) is 0 Å². The molecule has 0 amide bonds. The van der Waals surface area contributed by atoms with E-state index in [1.54, 1.807) is 0 Å². The highest BCUT2D eigenvalue weighted by molar-refractivity contribution is 5.87. The summed E-state index contributed by atoms with van der Waals surface area (Å²) in [6, 6.07) is 0. The first kappa shape index (κ1) is 33.4. The SMILES string of the molecule is C=C(C)C(=O)OCCOCC(OCCOC(=O)C(=C)C)(OCCOC(=O)C(=C)C)C(CO)(CO)CO. The first-order valence-corrected chi connectivity index (χ1v) is 11.1. The first-order chi connectivity index (χ1) is 16.9. The van der Waals surface area contributed by atoms with E-state index in [-0.39, 0.29) is 56.4 Å². The summed E-state index contributed by atoms with van der Waals surface area (Å²) < 4.78 is 32.1. The number of aliphatic hydroxyl groups is 3. The lowest BCUT2D eigenvalue weighted by Crippen LogP contribution is -2.62. The van der Waals surface area contributed by atoms with Gasteiger partial charge in [0, 0.05) is 16.7 Å². The van der Waals surface area contributed by atoms with Crippen LogP contribution >= 0.6 is 0 Å². The van der Waals surface area contributed by atoms with Gasteiger partial charge in [-0.15, -0.1) is 0 Å². The number of hydrogen-bond acceptors (Lipinski definition) is 12. The molecule has 0 aliphatic heterocycles. The highest BCUT2D eigenvalue weighted by Crippen LogP contribution is 2.36. The lowest BCUT2D eigenvalue weighted by Gasteiger charge is -2.46. The maximum absolute atomic E-state index is 11.7. The van der Waals surface area contributed by atoms with E-state index in [1.165, 1.54) is 20.8 Å². The molecule has 12 nitrogen and oxygen atoms in total. The molecule has 0 saturated heterocycles. The van der Waals surface area contributed by atoms with Gasteiger partial charge in [0.2, 0.25) is 5.79 Å². The average Bonchev–Trinajstić information content (AvgIpc) is 2.84. The van der Waals surface area contributed by atoms with Crippen molar-refractivity contribution in [3.05, 3.63) is 36.5 Å². The first-order valence-electron chi connectivity index (χ1n) is 11.1. The molecule has 0 unspecified atom stereocenters. The molecule has 0 aliphatic rings. The van der Waals surface area contributed by atoms with Gasteiger partial charge in [-0.2, -0.15) is 0 Å². The predicted molar refractivity (Wildman–Crippen MR) is 126 cm³/mol. The van der Waals surface area contributed by atoms with Crippen molar-refractivity contribution in [2.75, 3.05) is 66.1 Å². The number of aliphatic hydroxyl groups excluding tert-OH is 3. The van der Waals surface area contributed by atoms with Crippen LogP contribution in [0.1, 0.15) is 20.8 Å². The maximum Gasteiger partial charge on any atom is 0.333 e. The number of hydrogen-bond donors (Lipinski definition) is 3. The van der Waals surface area contributed by atoms with Crippen molar-refractivity contribution in [3.63, 3.8) is 0 Å². The van der Waals surface area contributed by atoms with Crippen molar-refractivity contribution < 1.29 is 58.1 Å². The molecule has 0 aromatic carbocycles. The smallest absolute Gasteiger partial charge is 0.333 e. The van der Waals surface area contributed by atoms with Crippen molar-refractivity contribution in [1.29, 1.82) is 0 Å². The fourth-order valence-electron chi connectivity index (χ4n) is 2.55. The number of rotatable bonds is 20. The van der Waals surface area contributed by atoms with Crippen LogP contribution in [-0.2, 0) is 42.8 Å². The fraction of sp³-hybridized carbons (Fsp3) is 0.625. The van der Waals surface area contributed by atoms with Gasteiger partial charge in [0.25, 0.3) is 0 Å². The summed E-state index contributed by atoms with van der Waals surface area (Å²) in [4.78, 5) is 34.8. The molecule has 3 N–H and O–H groups in total. The van der Waals surface area contributed by atoms with E-state index in [2.05, 4.69) is 19.7 Å². The third-order valence-electron chi connectivity index (χ3n) is 4.82. The monoisotopic (exact) mass is 518 g/mol. The average molecular weight is 519 g/mol. The molecule has 0 saturated carbocycles. The zero-order valence-corrected chi connectivity index (χ0v) is 21.2. The molecular formula is C24H38O12. The molecule has 0 heterocycles. The quantitative estimate of drug-likeness (QED) is 0.0652. The van der Waals surface area contributed by atoms with Gasteiger partial charge in [0.05, 0.1) is 45.1 Å². The van der Waals surface area contributed by atoms with E-state index < -0.39 is 55.5 Å². The van der Waals surface area contributed by atoms with E-state index >= 15 is 0 Å². The number of ether oxygens (including phenoxy) is 6. The Morgan fingerprint density at radius 2 is 0.944 bits per heavy atom. The number of carbonyl (C=O) groups is 3. The van der Waals surface area contributed by atoms with E-state index in [0.29, 0.717) is 0 Å². The van der Waals surface area contributed by atoms with Crippen LogP contribution in [0.4, 0.5) is 0 Å². The van der Waals surface area contributed by atoms with E-state index in [0.717, 1.165) is 0 Å². The Labute approximate surface area is 211 Å². The van der Waals surface area contributed by atoms with Crippen LogP contribution in [-0.4, -0.2) is 105 Å². The molecule has 0 bridgehead atoms. The van der Waals surface area contributed by atoms with Crippen LogP contribution in [0.3, 0.4) is 0 Å². The summed E-state index contributed by atoms with van der Waals surface area (Å²) in [5, 5.41) is 30.2. The van der Waals surface area contributed by atoms with Crippen molar-refractivity contribution >= 4 is 17.9 Å². The van der Waals surface area contributed by atoms with Crippen molar-refractivity contribution in [3.8, 4) is 0 Å². The van der Waals surface area contributed by atoms with E-state index in [4.69, 9.17) is 28.4 Å². The standard InChI is InChI=1S/C24H38O12/c1-17(2)20(28)32-8-7-31-16-24(23(13-25,14-26)15-27,35-11-9-33-21(29)18(3)4)36-12-10-34-22(30)19(5)6/h25-27H,1,3,5,7-16H2,2,4,6H3. The number of carbonyl (C=O) groups excluding carboxylic acids is 3. The molecule has 0 aromatic heterocycles. The summed E-state index contributed by atoms with van der Waals surface area (Å²) in [5.74, 6) is -3.95. The van der Waals surface area contributed by atoms with Crippen LogP contribution in [0.5, 0.6) is 0 Å². The van der Waals surface area contributed by atoms with Crippen LogP contribution in [0.15, 0.2) is 36.5 Å². The minimum atomic E-state index is -2.01. The molecule has 12 heteroatoms. The van der Waals surface area contributed by atoms with Gasteiger partial charge in [-0.1, -0.05) is 19.7 Å². The molecule has 0 spiro atoms. The van der Waals surface area contributed by atoms with Gasteiger partial charge < -0.3 is 43.7 Å². The zero-order chi connectivity index (χ0) is 27.8. The Kier molecular flexibility index (Phi) is 15.7. The minimum Gasteiger partial charge on any atom is -0.460 e. The lowest BCUT2D eigenvalue weighted by molar-refractivity contribution is -0.340. The van der Waals surface area contributed by atoms with Crippen molar-refractivity contribution in [1.82, 2.24) is 0 Å². The molecule has 0 rings (SSSR count). The fourth-order valence-corrected chi connectivity index (χ4v) is 2.55. The second-order valence-electron chi connectivity index (χ2n) is 8.01. The normalized spacial score (nSPS) is 11.5. The number of esters is 3. The van der Waals surface area contributed by atoms with Crippen molar-refractivity contribution in [2.24, 2.45) is 5.41 Å². The molecule has 0 radical (unpaired) electrons. The van der Waals surface area contributed by atoms with Gasteiger partial charge in [-0.05, 0) is 20.8 Å². The molecule has 36 heavy (non-hydrogen) atoms. The zero-order valence-electron chi connectivity index (χ0n) is 21.2. The van der Waals surface area contributed by atoms with Crippen LogP contribution in [0.25, 0.3) is 0 Å². The third-order valence-corrected chi connectivity index (χ3v) is 4.82. The van der Waals surface area contributed by atoms with Crippen LogP contribution in [0.2, 0.25) is 0 Å². The highest BCUT2D eigenvalue weighted by atomic mass is 16.7. The molecule has 0 atom stereocenters. The van der Waals surface area contributed by atoms with E-state index in [1.807, 2.05) is 0 Å². The van der Waals surface area contributed by atoms with E-state index in [9.17, 15) is 29.7 Å². The Morgan fingerprint density at radius 3 is 1.25 bits per heavy atom. The summed E-state index contributed by atoms with van der Waals surface area (Å²) in [5.41, 5.74) is -1.28. The summed E-state index contributed by atoms with van der Waals surface area (Å²) >= 11 is 0. The lowest BCUT2D eigenvalue weighted by atomic mass is 9.81. The summed E-state index contributed by atoms with van der Waals surface area (Å²) in [7, 11) is 0. The predicted octanol–water partition coefficient (Wildman–Crippen LogP) is 0.0537. The summed E-state index contributed by atoms with van der Waals surface area (Å²) in [6.45, 7) is 10.6. The Bertz CT molecular complexity index is 727. The molecular weight excluding hydrogens is 480 g/mol. The van der Waals surface area contributed by atoms with Gasteiger partial charge in [0.1, 0.15) is 26.4 Å². The highest BCUT2D eigenvalue weighted by Gasteiger charge is 2.54. The second kappa shape index (κ2) is 17.0. The third kappa shape index (κ3) is 10.6. The van der Waals surface area contributed by atoms with Crippen LogP contribution < -0.4 is 0 Å². The van der Waals surface area contributed by atoms with Gasteiger partial charge >= 0.3 is 17.9 Å². The topological polar surface area (TPSA) is 167 Å². The summed E-state index contributed by atoms with van der Waals surface area (Å²) in [6.07, 6.45) is 0. The molecule has 206 valence electrons. The molecule has 0 aromatic rings. The Balaban J connectivity index is 5.64. The molecule has 0 fully saturated rings. The van der Waals surface area contributed by atoms with Gasteiger partial charge in [0.15, 0.2) is 0 Å². The minimum absolute atomic E-state index is 0.138. The Hall–Kier alpha value is -2.61. The second-order valence-corrected chi connectivity index (χ2v) is 8.01. The van der Waals surface area contributed by atoms with Crippen LogP contribution in [0, 0.1) is 5.41 Å². The Morgan fingerprint density at radius 1 is 0.611 bits per heavy atom. The largest absolute Gasteiger partial charge is 0.460 e. The van der Waals surface area contributed by atoms with Crippen molar-refractivity contribution in [2.45, 2.75) is 26.6 Å².